The van der Waals surface area contributed by atoms with Gasteiger partial charge in [-0.3, -0.25) is 0 Å². The molecule has 0 fully saturated rings. The molecule has 2 rings (SSSR count). The van der Waals surface area contributed by atoms with E-state index in [9.17, 15) is 9.50 Å². The summed E-state index contributed by atoms with van der Waals surface area (Å²) < 4.78 is 17.9. The molecule has 0 saturated carbocycles. The Morgan fingerprint density at radius 3 is 2.26 bits per heavy atom. The van der Waals surface area contributed by atoms with Crippen LogP contribution in [0.2, 0.25) is 0 Å². The Balaban J connectivity index is 1.92. The molecule has 2 nitrogen and oxygen atoms in total. The van der Waals surface area contributed by atoms with Crippen LogP contribution in [0, 0.1) is 5.82 Å². The molecule has 0 bridgehead atoms. The van der Waals surface area contributed by atoms with E-state index in [1.165, 1.54) is 12.1 Å². The minimum atomic E-state index is -0.567. The Kier molecular flexibility index (Phi) is 4.53. The molecule has 2 aromatic rings. The quantitative estimate of drug-likeness (QED) is 0.891. The maximum atomic E-state index is 12.8. The first-order chi connectivity index (χ1) is 9.19. The zero-order valence-electron chi connectivity index (χ0n) is 10.8. The van der Waals surface area contributed by atoms with E-state index < -0.39 is 6.10 Å². The first kappa shape index (κ1) is 13.6. The number of hydrogen-bond acceptors (Lipinski definition) is 2. The van der Waals surface area contributed by atoms with Crippen molar-refractivity contribution in [3.63, 3.8) is 0 Å². The Morgan fingerprint density at radius 2 is 1.68 bits per heavy atom. The first-order valence-corrected chi connectivity index (χ1v) is 6.25. The SMILES string of the molecule is COc1ccc(CCC(O)c2ccc(F)cc2)cc1. The fourth-order valence-corrected chi connectivity index (χ4v) is 1.95. The number of benzene rings is 2. The van der Waals surface area contributed by atoms with Crippen molar-refractivity contribution in [2.24, 2.45) is 0 Å². The van der Waals surface area contributed by atoms with Crippen molar-refractivity contribution >= 4 is 0 Å². The largest absolute Gasteiger partial charge is 0.497 e. The highest BCUT2D eigenvalue weighted by Gasteiger charge is 2.07. The fourth-order valence-electron chi connectivity index (χ4n) is 1.95. The van der Waals surface area contributed by atoms with Crippen LogP contribution < -0.4 is 4.74 Å². The van der Waals surface area contributed by atoms with E-state index in [1.807, 2.05) is 24.3 Å². The number of methoxy groups -OCH3 is 1. The van der Waals surface area contributed by atoms with Crippen LogP contribution in [-0.4, -0.2) is 12.2 Å². The molecule has 0 aliphatic heterocycles. The molecule has 3 heteroatoms. The average Bonchev–Trinajstić information content (AvgIpc) is 2.46. The topological polar surface area (TPSA) is 29.5 Å². The van der Waals surface area contributed by atoms with Gasteiger partial charge < -0.3 is 9.84 Å². The van der Waals surface area contributed by atoms with Crippen molar-refractivity contribution in [3.8, 4) is 5.75 Å². The minimum absolute atomic E-state index is 0.286. The summed E-state index contributed by atoms with van der Waals surface area (Å²) in [5.74, 6) is 0.536. The second kappa shape index (κ2) is 6.34. The summed E-state index contributed by atoms with van der Waals surface area (Å²) in [6.07, 6.45) is 0.809. The van der Waals surface area contributed by atoms with Crippen molar-refractivity contribution in [1.82, 2.24) is 0 Å². The number of halogens is 1. The molecule has 2 aromatic carbocycles. The molecule has 0 saturated heterocycles. The summed E-state index contributed by atoms with van der Waals surface area (Å²) in [7, 11) is 1.63. The van der Waals surface area contributed by atoms with Gasteiger partial charge in [0.05, 0.1) is 13.2 Å². The maximum absolute atomic E-state index is 12.8. The van der Waals surface area contributed by atoms with Crippen molar-refractivity contribution in [1.29, 1.82) is 0 Å². The van der Waals surface area contributed by atoms with Gasteiger partial charge in [-0.25, -0.2) is 4.39 Å². The zero-order valence-corrected chi connectivity index (χ0v) is 10.8. The maximum Gasteiger partial charge on any atom is 0.123 e. The summed E-state index contributed by atoms with van der Waals surface area (Å²) in [5.41, 5.74) is 1.89. The number of aliphatic hydroxyl groups excluding tert-OH is 1. The Morgan fingerprint density at radius 1 is 1.05 bits per heavy atom. The summed E-state index contributed by atoms with van der Waals surface area (Å²) in [5, 5.41) is 10.0. The third kappa shape index (κ3) is 3.80. The highest BCUT2D eigenvalue weighted by Crippen LogP contribution is 2.20. The van der Waals surface area contributed by atoms with E-state index in [-0.39, 0.29) is 5.82 Å². The Bertz CT molecular complexity index is 505. The van der Waals surface area contributed by atoms with Crippen LogP contribution in [0.15, 0.2) is 48.5 Å². The standard InChI is InChI=1S/C16H17FO2/c1-19-15-9-2-12(3-10-15)4-11-16(18)13-5-7-14(17)8-6-13/h2-3,5-10,16,18H,4,11H2,1H3. The number of rotatable bonds is 5. The predicted octanol–water partition coefficient (Wildman–Crippen LogP) is 3.50. The molecule has 1 N–H and O–H groups in total. The van der Waals surface area contributed by atoms with Gasteiger partial charge in [0, 0.05) is 0 Å². The lowest BCUT2D eigenvalue weighted by Crippen LogP contribution is -1.99. The summed E-state index contributed by atoms with van der Waals surface area (Å²) >= 11 is 0. The number of aliphatic hydroxyl groups is 1. The van der Waals surface area contributed by atoms with Crippen molar-refractivity contribution in [2.45, 2.75) is 18.9 Å². The molecule has 0 aromatic heterocycles. The highest BCUT2D eigenvalue weighted by molar-refractivity contribution is 5.27. The second-order valence-electron chi connectivity index (χ2n) is 4.45. The van der Waals surface area contributed by atoms with Gasteiger partial charge in [-0.05, 0) is 48.2 Å². The molecular formula is C16H17FO2. The van der Waals surface area contributed by atoms with E-state index >= 15 is 0 Å². The molecule has 0 spiro atoms. The van der Waals surface area contributed by atoms with E-state index in [0.717, 1.165) is 23.3 Å². The molecule has 0 heterocycles. The van der Waals surface area contributed by atoms with E-state index in [4.69, 9.17) is 4.74 Å². The third-order valence-corrected chi connectivity index (χ3v) is 3.12. The predicted molar refractivity (Wildman–Crippen MR) is 72.7 cm³/mol. The molecule has 0 radical (unpaired) electrons. The van der Waals surface area contributed by atoms with Gasteiger partial charge in [0.25, 0.3) is 0 Å². The van der Waals surface area contributed by atoms with Crippen molar-refractivity contribution in [2.75, 3.05) is 7.11 Å². The van der Waals surface area contributed by atoms with E-state index in [0.29, 0.717) is 6.42 Å². The number of ether oxygens (including phenoxy) is 1. The van der Waals surface area contributed by atoms with E-state index in [2.05, 4.69) is 0 Å². The normalized spacial score (nSPS) is 12.2. The van der Waals surface area contributed by atoms with Gasteiger partial charge in [0.2, 0.25) is 0 Å². The smallest absolute Gasteiger partial charge is 0.123 e. The summed E-state index contributed by atoms with van der Waals surface area (Å²) in [4.78, 5) is 0. The lowest BCUT2D eigenvalue weighted by Gasteiger charge is -2.11. The fraction of sp³-hybridized carbons (Fsp3) is 0.250. The molecular weight excluding hydrogens is 243 g/mol. The van der Waals surface area contributed by atoms with Gasteiger partial charge in [-0.2, -0.15) is 0 Å². The summed E-state index contributed by atoms with van der Waals surface area (Å²) in [6, 6.07) is 13.7. The average molecular weight is 260 g/mol. The first-order valence-electron chi connectivity index (χ1n) is 6.25. The summed E-state index contributed by atoms with van der Waals surface area (Å²) in [6.45, 7) is 0. The van der Waals surface area contributed by atoms with Gasteiger partial charge >= 0.3 is 0 Å². The van der Waals surface area contributed by atoms with Gasteiger partial charge in [-0.1, -0.05) is 24.3 Å². The third-order valence-electron chi connectivity index (χ3n) is 3.12. The lowest BCUT2D eigenvalue weighted by molar-refractivity contribution is 0.167. The molecule has 0 aliphatic carbocycles. The Hall–Kier alpha value is -1.87. The molecule has 1 atom stereocenters. The minimum Gasteiger partial charge on any atom is -0.497 e. The number of hydrogen-bond donors (Lipinski definition) is 1. The molecule has 19 heavy (non-hydrogen) atoms. The highest BCUT2D eigenvalue weighted by atomic mass is 19.1. The molecule has 0 aliphatic rings. The van der Waals surface area contributed by atoms with Gasteiger partial charge in [0.1, 0.15) is 11.6 Å². The molecule has 1 unspecified atom stereocenters. The van der Waals surface area contributed by atoms with Crippen LogP contribution in [0.5, 0.6) is 5.75 Å². The Labute approximate surface area is 112 Å². The van der Waals surface area contributed by atoms with Crippen LogP contribution in [0.25, 0.3) is 0 Å². The van der Waals surface area contributed by atoms with Gasteiger partial charge in [-0.15, -0.1) is 0 Å². The van der Waals surface area contributed by atoms with Crippen LogP contribution in [0.3, 0.4) is 0 Å². The van der Waals surface area contributed by atoms with Crippen LogP contribution in [0.1, 0.15) is 23.7 Å². The van der Waals surface area contributed by atoms with Gasteiger partial charge in [0.15, 0.2) is 0 Å². The van der Waals surface area contributed by atoms with Crippen LogP contribution >= 0.6 is 0 Å². The molecule has 0 amide bonds. The van der Waals surface area contributed by atoms with Crippen molar-refractivity contribution in [3.05, 3.63) is 65.5 Å². The monoisotopic (exact) mass is 260 g/mol. The second-order valence-corrected chi connectivity index (χ2v) is 4.45. The number of aryl methyl sites for hydroxylation is 1. The lowest BCUT2D eigenvalue weighted by atomic mass is 10.0. The van der Waals surface area contributed by atoms with Crippen molar-refractivity contribution < 1.29 is 14.2 Å². The van der Waals surface area contributed by atoms with E-state index in [1.54, 1.807) is 19.2 Å². The van der Waals surface area contributed by atoms with Crippen LogP contribution in [-0.2, 0) is 6.42 Å². The molecule has 100 valence electrons. The zero-order chi connectivity index (χ0) is 13.7. The van der Waals surface area contributed by atoms with Crippen LogP contribution in [0.4, 0.5) is 4.39 Å².